The molecule has 166 valence electrons. The molecule has 0 radical (unpaired) electrons. The number of piperidine rings is 1. The van der Waals surface area contributed by atoms with Crippen molar-refractivity contribution in [1.82, 2.24) is 24.7 Å². The van der Waals surface area contributed by atoms with Gasteiger partial charge in [-0.25, -0.2) is 14.6 Å². The topological polar surface area (TPSA) is 81.0 Å². The number of aryl methyl sites for hydroxylation is 2. The van der Waals surface area contributed by atoms with Crippen molar-refractivity contribution >= 4 is 23.4 Å². The predicted octanol–water partition coefficient (Wildman–Crippen LogP) is 3.88. The lowest BCUT2D eigenvalue weighted by Crippen LogP contribution is -2.48. The zero-order valence-corrected chi connectivity index (χ0v) is 18.7. The Kier molecular flexibility index (Phi) is 4.90. The van der Waals surface area contributed by atoms with E-state index in [4.69, 9.17) is 26.4 Å². The number of fused-ring (bicyclic) bond motifs is 3. The van der Waals surface area contributed by atoms with E-state index in [9.17, 15) is 0 Å². The summed E-state index contributed by atoms with van der Waals surface area (Å²) in [6.45, 7) is 4.83. The lowest BCUT2D eigenvalue weighted by molar-refractivity contribution is 0.203. The first-order chi connectivity index (χ1) is 15.6. The van der Waals surface area contributed by atoms with E-state index in [1.807, 2.05) is 35.9 Å². The van der Waals surface area contributed by atoms with Crippen LogP contribution < -0.4 is 15.0 Å². The largest absolute Gasteiger partial charge is 0.482 e. The normalized spacial score (nSPS) is 26.2. The predicted molar refractivity (Wildman–Crippen MR) is 122 cm³/mol. The van der Waals surface area contributed by atoms with Gasteiger partial charge in [-0.2, -0.15) is 4.98 Å². The molecule has 4 atom stereocenters. The van der Waals surface area contributed by atoms with Gasteiger partial charge in [0.2, 0.25) is 5.95 Å². The molecule has 8 nitrogen and oxygen atoms in total. The highest BCUT2D eigenvalue weighted by atomic mass is 35.5. The molecule has 0 spiro atoms. The Morgan fingerprint density at radius 3 is 2.72 bits per heavy atom. The second-order valence-corrected chi connectivity index (χ2v) is 9.50. The molecule has 2 aliphatic heterocycles. The Morgan fingerprint density at radius 1 is 1.09 bits per heavy atom. The molecule has 2 bridgehead atoms. The number of aromatic nitrogens is 5. The summed E-state index contributed by atoms with van der Waals surface area (Å²) >= 11 is 6.10. The number of rotatable bonds is 5. The third kappa shape index (κ3) is 3.66. The Morgan fingerprint density at radius 2 is 1.94 bits per heavy atom. The Labute approximate surface area is 192 Å². The van der Waals surface area contributed by atoms with Crippen molar-refractivity contribution in [3.05, 3.63) is 53.2 Å². The molecule has 2 aromatic heterocycles. The van der Waals surface area contributed by atoms with Gasteiger partial charge in [-0.1, -0.05) is 17.7 Å². The van der Waals surface area contributed by atoms with Gasteiger partial charge >= 0.3 is 0 Å². The quantitative estimate of drug-likeness (QED) is 0.630. The number of benzene rings is 1. The van der Waals surface area contributed by atoms with Gasteiger partial charge in [0, 0.05) is 48.9 Å². The monoisotopic (exact) mass is 451 g/mol. The molecule has 9 heteroatoms. The molecule has 6 rings (SSSR count). The maximum absolute atomic E-state index is 6.16. The van der Waals surface area contributed by atoms with E-state index in [1.54, 1.807) is 6.33 Å². The van der Waals surface area contributed by atoms with Gasteiger partial charge in [-0.15, -0.1) is 5.10 Å². The number of anilines is 2. The Hall–Kier alpha value is -2.87. The van der Waals surface area contributed by atoms with Crippen LogP contribution in [0.1, 0.15) is 36.9 Å². The van der Waals surface area contributed by atoms with E-state index in [-0.39, 0.29) is 6.10 Å². The minimum absolute atomic E-state index is 0.101. The van der Waals surface area contributed by atoms with Crippen molar-refractivity contribution in [2.75, 3.05) is 23.3 Å². The van der Waals surface area contributed by atoms with Gasteiger partial charge in [-0.05, 0) is 49.8 Å². The first-order valence-corrected chi connectivity index (χ1v) is 11.7. The smallest absolute Gasteiger partial charge is 0.242 e. The number of nitrogens with zero attached hydrogens (tertiary/aromatic N) is 6. The summed E-state index contributed by atoms with van der Waals surface area (Å²) in [5.41, 5.74) is 1.01. The minimum Gasteiger partial charge on any atom is -0.482 e. The summed E-state index contributed by atoms with van der Waals surface area (Å²) < 4.78 is 8.13. The maximum Gasteiger partial charge on any atom is 0.242 e. The number of ether oxygens (including phenoxy) is 1. The van der Waals surface area contributed by atoms with Crippen LogP contribution >= 0.6 is 11.6 Å². The Bertz CT molecular complexity index is 1120. The van der Waals surface area contributed by atoms with Crippen LogP contribution in [0.25, 0.3) is 0 Å². The van der Waals surface area contributed by atoms with E-state index < -0.39 is 0 Å². The van der Waals surface area contributed by atoms with Gasteiger partial charge in [0.25, 0.3) is 0 Å². The van der Waals surface area contributed by atoms with Gasteiger partial charge in [0.1, 0.15) is 17.9 Å². The second-order valence-electron chi connectivity index (χ2n) is 9.06. The average Bonchev–Trinajstić information content (AvgIpc) is 3.40. The van der Waals surface area contributed by atoms with Crippen LogP contribution in [0, 0.1) is 18.8 Å². The van der Waals surface area contributed by atoms with E-state index in [0.717, 1.165) is 49.1 Å². The average molecular weight is 452 g/mol. The van der Waals surface area contributed by atoms with Crippen molar-refractivity contribution in [3.63, 3.8) is 0 Å². The molecule has 3 aliphatic rings. The Balaban J connectivity index is 1.14. The van der Waals surface area contributed by atoms with E-state index >= 15 is 0 Å². The standard InChI is InChI=1S/C23H26ClN7O/c1-14-9-20(26-13-25-14)30-11-15-5-6-16(12-30)21(15)27-23-28-22-19(7-8-31(22)29-23)32-18-4-2-3-17(24)10-18/h2-4,9-10,13,15-16,19,21H,5-8,11-12H2,1H3,(H,27,29)/t15-,16+,19-,21?/m1/s1. The van der Waals surface area contributed by atoms with Gasteiger partial charge in [-0.3, -0.25) is 0 Å². The van der Waals surface area contributed by atoms with E-state index in [0.29, 0.717) is 28.8 Å². The molecule has 1 unspecified atom stereocenters. The third-order valence-electron chi connectivity index (χ3n) is 6.91. The molecule has 2 fully saturated rings. The number of hydrogen-bond donors (Lipinski definition) is 1. The van der Waals surface area contributed by atoms with Gasteiger partial charge < -0.3 is 15.0 Å². The highest BCUT2D eigenvalue weighted by molar-refractivity contribution is 6.30. The summed E-state index contributed by atoms with van der Waals surface area (Å²) in [6.07, 6.45) is 4.86. The molecule has 1 aromatic carbocycles. The molecule has 1 N–H and O–H groups in total. The summed E-state index contributed by atoms with van der Waals surface area (Å²) in [4.78, 5) is 16.0. The fraction of sp³-hybridized carbons (Fsp3) is 0.478. The summed E-state index contributed by atoms with van der Waals surface area (Å²) in [5.74, 6) is 4.51. The molecule has 32 heavy (non-hydrogen) atoms. The summed E-state index contributed by atoms with van der Waals surface area (Å²) in [7, 11) is 0. The van der Waals surface area contributed by atoms with E-state index in [1.165, 1.54) is 12.8 Å². The molecular formula is C23H26ClN7O. The van der Waals surface area contributed by atoms with Crippen LogP contribution in [0.15, 0.2) is 36.7 Å². The number of halogens is 1. The second kappa shape index (κ2) is 7.92. The third-order valence-corrected chi connectivity index (χ3v) is 7.14. The maximum atomic E-state index is 6.16. The van der Waals surface area contributed by atoms with Crippen LogP contribution in [0.2, 0.25) is 5.02 Å². The van der Waals surface area contributed by atoms with Crippen LogP contribution in [-0.2, 0) is 6.54 Å². The molecule has 1 saturated heterocycles. The van der Waals surface area contributed by atoms with Gasteiger partial charge in [0.05, 0.1) is 0 Å². The molecular weight excluding hydrogens is 426 g/mol. The van der Waals surface area contributed by atoms with Crippen molar-refractivity contribution in [2.45, 2.75) is 44.9 Å². The zero-order chi connectivity index (χ0) is 21.7. The first-order valence-electron chi connectivity index (χ1n) is 11.3. The molecule has 4 heterocycles. The molecule has 0 amide bonds. The van der Waals surface area contributed by atoms with Crippen LogP contribution in [0.5, 0.6) is 5.75 Å². The number of nitrogens with one attached hydrogen (secondary N) is 1. The fourth-order valence-corrected chi connectivity index (χ4v) is 5.59. The molecule has 1 aliphatic carbocycles. The van der Waals surface area contributed by atoms with Crippen molar-refractivity contribution in [1.29, 1.82) is 0 Å². The zero-order valence-electron chi connectivity index (χ0n) is 18.0. The first kappa shape index (κ1) is 19.8. The lowest BCUT2D eigenvalue weighted by Gasteiger charge is -2.38. The fourth-order valence-electron chi connectivity index (χ4n) is 5.41. The highest BCUT2D eigenvalue weighted by Gasteiger charge is 2.43. The summed E-state index contributed by atoms with van der Waals surface area (Å²) in [5, 5.41) is 9.07. The molecule has 1 saturated carbocycles. The molecule has 3 aromatic rings. The summed E-state index contributed by atoms with van der Waals surface area (Å²) in [6, 6.07) is 9.98. The van der Waals surface area contributed by atoms with Gasteiger partial charge in [0.15, 0.2) is 11.9 Å². The highest BCUT2D eigenvalue weighted by Crippen LogP contribution is 2.40. The minimum atomic E-state index is -0.101. The SMILES string of the molecule is Cc1cc(N2C[C@H]3CC[C@@H](C2)C3Nc2nc3n(n2)CC[C@H]3Oc2cccc(Cl)c2)ncn1. The van der Waals surface area contributed by atoms with Crippen molar-refractivity contribution < 1.29 is 4.74 Å². The van der Waals surface area contributed by atoms with Crippen LogP contribution in [-0.4, -0.2) is 43.9 Å². The van der Waals surface area contributed by atoms with Crippen molar-refractivity contribution in [3.8, 4) is 5.75 Å². The van der Waals surface area contributed by atoms with Crippen molar-refractivity contribution in [2.24, 2.45) is 11.8 Å². The van der Waals surface area contributed by atoms with E-state index in [2.05, 4.69) is 26.3 Å². The number of hydrogen-bond acceptors (Lipinski definition) is 7. The van der Waals surface area contributed by atoms with Crippen LogP contribution in [0.4, 0.5) is 11.8 Å². The lowest BCUT2D eigenvalue weighted by atomic mass is 9.92. The van der Waals surface area contributed by atoms with Crippen LogP contribution in [0.3, 0.4) is 0 Å².